The highest BCUT2D eigenvalue weighted by molar-refractivity contribution is 5.93. The lowest BCUT2D eigenvalue weighted by Gasteiger charge is -2.20. The molecule has 1 aromatic carbocycles. The first-order chi connectivity index (χ1) is 8.24. The third-order valence-electron chi connectivity index (χ3n) is 2.12. The molecule has 98 valence electrons. The fraction of sp³-hybridized carbons (Fsp3) is 0.385. The summed E-state index contributed by atoms with van der Waals surface area (Å²) in [6.07, 6.45) is -0.315. The fourth-order valence-corrected chi connectivity index (χ4v) is 1.33. The normalized spacial score (nSPS) is 10.9. The Balaban J connectivity index is 3.00. The number of halogens is 1. The first-order valence-corrected chi connectivity index (χ1v) is 5.49. The molecule has 0 bridgehead atoms. The predicted octanol–water partition coefficient (Wildman–Crippen LogP) is 3.29. The molecule has 1 rings (SSSR count). The van der Waals surface area contributed by atoms with E-state index in [1.807, 2.05) is 0 Å². The summed E-state index contributed by atoms with van der Waals surface area (Å²) in [5, 5.41) is 2.26. The minimum absolute atomic E-state index is 0.0731. The van der Waals surface area contributed by atoms with E-state index in [1.165, 1.54) is 12.1 Å². The number of hydrogen-bond donors (Lipinski definition) is 1. The highest BCUT2D eigenvalue weighted by Crippen LogP contribution is 2.22. The second-order valence-corrected chi connectivity index (χ2v) is 4.91. The van der Waals surface area contributed by atoms with Gasteiger partial charge in [-0.25, -0.2) is 9.18 Å². The lowest BCUT2D eigenvalue weighted by atomic mass is 10.1. The van der Waals surface area contributed by atoms with E-state index < -0.39 is 17.5 Å². The minimum atomic E-state index is -0.796. The number of hydrogen-bond acceptors (Lipinski definition) is 3. The molecule has 4 nitrogen and oxygen atoms in total. The summed E-state index contributed by atoms with van der Waals surface area (Å²) in [5.74, 6) is -0.634. The molecule has 0 fully saturated rings. The Morgan fingerprint density at radius 1 is 1.39 bits per heavy atom. The Bertz CT molecular complexity index is 478. The summed E-state index contributed by atoms with van der Waals surface area (Å²) in [4.78, 5) is 22.3. The van der Waals surface area contributed by atoms with Crippen LogP contribution in [0.15, 0.2) is 12.1 Å². The summed E-state index contributed by atoms with van der Waals surface area (Å²) >= 11 is 0. The number of rotatable bonds is 2. The van der Waals surface area contributed by atoms with Crippen LogP contribution < -0.4 is 5.32 Å². The van der Waals surface area contributed by atoms with Gasteiger partial charge in [-0.2, -0.15) is 0 Å². The Kier molecular flexibility index (Phi) is 4.06. The van der Waals surface area contributed by atoms with Gasteiger partial charge in [-0.1, -0.05) is 6.07 Å². The third-order valence-corrected chi connectivity index (χ3v) is 2.12. The van der Waals surface area contributed by atoms with Gasteiger partial charge in [0.1, 0.15) is 11.4 Å². The fourth-order valence-electron chi connectivity index (χ4n) is 1.33. The molecule has 0 saturated heterocycles. The van der Waals surface area contributed by atoms with Crippen LogP contribution in [0.25, 0.3) is 0 Å². The van der Waals surface area contributed by atoms with Gasteiger partial charge < -0.3 is 4.74 Å². The van der Waals surface area contributed by atoms with Crippen LogP contribution >= 0.6 is 0 Å². The van der Waals surface area contributed by atoms with Gasteiger partial charge in [0.2, 0.25) is 0 Å². The van der Waals surface area contributed by atoms with E-state index in [9.17, 15) is 14.0 Å². The Morgan fingerprint density at radius 2 is 2.00 bits per heavy atom. The van der Waals surface area contributed by atoms with Crippen LogP contribution in [0, 0.1) is 12.7 Å². The van der Waals surface area contributed by atoms with Crippen LogP contribution in [-0.2, 0) is 4.74 Å². The van der Waals surface area contributed by atoms with Crippen LogP contribution in [0.1, 0.15) is 36.7 Å². The van der Waals surface area contributed by atoms with Crippen molar-refractivity contribution >= 4 is 18.1 Å². The van der Waals surface area contributed by atoms with E-state index in [0.29, 0.717) is 11.8 Å². The van der Waals surface area contributed by atoms with Gasteiger partial charge in [0.15, 0.2) is 6.29 Å². The standard InChI is InChI=1S/C13H16FNO3/c1-8-5-6-9(7-16)11(10(8)14)15-12(17)18-13(2,3)4/h5-7H,1-4H3,(H,15,17). The maximum Gasteiger partial charge on any atom is 0.412 e. The van der Waals surface area contributed by atoms with Crippen LogP contribution in [-0.4, -0.2) is 18.0 Å². The van der Waals surface area contributed by atoms with Crippen LogP contribution in [0.3, 0.4) is 0 Å². The van der Waals surface area contributed by atoms with Crippen molar-refractivity contribution in [2.45, 2.75) is 33.3 Å². The number of amides is 1. The number of nitrogens with one attached hydrogen (secondary N) is 1. The molecule has 0 aliphatic heterocycles. The summed E-state index contributed by atoms with van der Waals surface area (Å²) in [5.41, 5.74) is -0.430. The average molecular weight is 253 g/mol. The molecule has 0 heterocycles. The van der Waals surface area contributed by atoms with Crippen molar-refractivity contribution in [1.82, 2.24) is 0 Å². The van der Waals surface area contributed by atoms with Gasteiger partial charge in [0.25, 0.3) is 0 Å². The van der Waals surface area contributed by atoms with Crippen LogP contribution in [0.4, 0.5) is 14.9 Å². The molecule has 0 saturated carbocycles. The lowest BCUT2D eigenvalue weighted by Crippen LogP contribution is -2.28. The summed E-state index contributed by atoms with van der Waals surface area (Å²) in [6, 6.07) is 2.91. The van der Waals surface area contributed by atoms with Gasteiger partial charge in [-0.3, -0.25) is 10.1 Å². The molecule has 0 unspecified atom stereocenters. The molecule has 1 N–H and O–H groups in total. The second kappa shape index (κ2) is 5.16. The zero-order chi connectivity index (χ0) is 13.9. The number of carbonyl (C=O) groups excluding carboxylic acids is 2. The lowest BCUT2D eigenvalue weighted by molar-refractivity contribution is 0.0635. The van der Waals surface area contributed by atoms with Gasteiger partial charge >= 0.3 is 6.09 Å². The monoisotopic (exact) mass is 253 g/mol. The Labute approximate surface area is 105 Å². The van der Waals surface area contributed by atoms with E-state index >= 15 is 0 Å². The molecule has 0 atom stereocenters. The molecule has 1 amide bonds. The van der Waals surface area contributed by atoms with Crippen LogP contribution in [0.5, 0.6) is 0 Å². The molecule has 18 heavy (non-hydrogen) atoms. The SMILES string of the molecule is Cc1ccc(C=O)c(NC(=O)OC(C)(C)C)c1F. The molecule has 1 aromatic rings. The predicted molar refractivity (Wildman–Crippen MR) is 66.4 cm³/mol. The number of aryl methyl sites for hydroxylation is 1. The highest BCUT2D eigenvalue weighted by atomic mass is 19.1. The number of ether oxygens (including phenoxy) is 1. The summed E-state index contributed by atoms with van der Waals surface area (Å²) in [7, 11) is 0. The largest absolute Gasteiger partial charge is 0.444 e. The zero-order valence-electron chi connectivity index (χ0n) is 10.8. The molecular formula is C13H16FNO3. The molecule has 0 aliphatic carbocycles. The average Bonchev–Trinajstić information content (AvgIpc) is 2.22. The zero-order valence-corrected chi connectivity index (χ0v) is 10.8. The number of carbonyl (C=O) groups is 2. The van der Waals surface area contributed by atoms with Crippen molar-refractivity contribution in [3.05, 3.63) is 29.1 Å². The van der Waals surface area contributed by atoms with Gasteiger partial charge in [-0.05, 0) is 39.3 Å². The van der Waals surface area contributed by atoms with Crippen molar-refractivity contribution in [2.24, 2.45) is 0 Å². The molecule has 0 radical (unpaired) electrons. The van der Waals surface area contributed by atoms with E-state index in [1.54, 1.807) is 27.7 Å². The first kappa shape index (κ1) is 14.2. The smallest absolute Gasteiger partial charge is 0.412 e. The number of anilines is 1. The Morgan fingerprint density at radius 3 is 2.50 bits per heavy atom. The molecule has 5 heteroatoms. The third kappa shape index (κ3) is 3.55. The number of benzene rings is 1. The Hall–Kier alpha value is -1.91. The topological polar surface area (TPSA) is 55.4 Å². The second-order valence-electron chi connectivity index (χ2n) is 4.91. The van der Waals surface area contributed by atoms with Crippen molar-refractivity contribution in [3.8, 4) is 0 Å². The quantitative estimate of drug-likeness (QED) is 0.823. The van der Waals surface area contributed by atoms with Crippen LogP contribution in [0.2, 0.25) is 0 Å². The van der Waals surface area contributed by atoms with Crippen molar-refractivity contribution in [2.75, 3.05) is 5.32 Å². The summed E-state index contributed by atoms with van der Waals surface area (Å²) < 4.78 is 18.8. The minimum Gasteiger partial charge on any atom is -0.444 e. The van der Waals surface area contributed by atoms with Crippen molar-refractivity contribution in [1.29, 1.82) is 0 Å². The van der Waals surface area contributed by atoms with E-state index in [2.05, 4.69) is 5.32 Å². The van der Waals surface area contributed by atoms with Gasteiger partial charge in [0, 0.05) is 5.56 Å². The van der Waals surface area contributed by atoms with Gasteiger partial charge in [-0.15, -0.1) is 0 Å². The van der Waals surface area contributed by atoms with Gasteiger partial charge in [0.05, 0.1) is 5.69 Å². The van der Waals surface area contributed by atoms with E-state index in [-0.39, 0.29) is 11.3 Å². The number of aldehydes is 1. The van der Waals surface area contributed by atoms with Crippen molar-refractivity contribution < 1.29 is 18.7 Å². The van der Waals surface area contributed by atoms with E-state index in [0.717, 1.165) is 0 Å². The maximum absolute atomic E-state index is 13.8. The first-order valence-electron chi connectivity index (χ1n) is 5.49. The molecule has 0 aliphatic rings. The van der Waals surface area contributed by atoms with Crippen molar-refractivity contribution in [3.63, 3.8) is 0 Å². The molecule has 0 spiro atoms. The highest BCUT2D eigenvalue weighted by Gasteiger charge is 2.19. The summed E-state index contributed by atoms with van der Waals surface area (Å²) in [6.45, 7) is 6.63. The molecule has 0 aromatic heterocycles. The van der Waals surface area contributed by atoms with E-state index in [4.69, 9.17) is 4.74 Å². The maximum atomic E-state index is 13.8. The molecular weight excluding hydrogens is 237 g/mol.